The molecule has 7 nitrogen and oxygen atoms in total. The Bertz CT molecular complexity index is 1420. The van der Waals surface area contributed by atoms with Crippen LogP contribution in [0.15, 0.2) is 121 Å². The lowest BCUT2D eigenvalue weighted by molar-refractivity contribution is -0.341. The minimum atomic E-state index is -0.806. The smallest absolute Gasteiger partial charge is 0.187 e. The summed E-state index contributed by atoms with van der Waals surface area (Å²) in [6, 6.07) is 40.3. The Labute approximate surface area is 278 Å². The fourth-order valence-corrected chi connectivity index (χ4v) is 6.26. The zero-order valence-corrected chi connectivity index (χ0v) is 26.8. The van der Waals surface area contributed by atoms with Gasteiger partial charge < -0.3 is 33.5 Å². The highest BCUT2D eigenvalue weighted by Gasteiger charge is 2.50. The van der Waals surface area contributed by atoms with E-state index < -0.39 is 36.8 Å². The quantitative estimate of drug-likeness (QED) is 0.150. The van der Waals surface area contributed by atoms with Crippen LogP contribution in [0, 0.1) is 0 Å². The maximum Gasteiger partial charge on any atom is 0.187 e. The zero-order chi connectivity index (χ0) is 32.1. The highest BCUT2D eigenvalue weighted by molar-refractivity contribution is 5.16. The Morgan fingerprint density at radius 2 is 0.979 bits per heavy atom. The molecule has 0 aromatic heterocycles. The van der Waals surface area contributed by atoms with Crippen molar-refractivity contribution in [2.24, 2.45) is 0 Å². The van der Waals surface area contributed by atoms with Gasteiger partial charge in [0.25, 0.3) is 0 Å². The molecule has 1 aliphatic heterocycles. The van der Waals surface area contributed by atoms with Crippen LogP contribution in [0.25, 0.3) is 0 Å². The predicted molar refractivity (Wildman–Crippen MR) is 179 cm³/mol. The van der Waals surface area contributed by atoms with E-state index in [9.17, 15) is 5.11 Å². The molecule has 0 bridgehead atoms. The van der Waals surface area contributed by atoms with E-state index in [4.69, 9.17) is 28.4 Å². The minimum absolute atomic E-state index is 0.262. The van der Waals surface area contributed by atoms with Crippen LogP contribution in [0.4, 0.5) is 0 Å². The molecule has 2 fully saturated rings. The molecule has 248 valence electrons. The SMILES string of the molecule is O[C@H]1CCCC[C@@H]1OC1OC(COCc2ccccc2)C(OCc2ccccc2)C(OCc2ccccc2)C1OCc1ccccc1. The van der Waals surface area contributed by atoms with Crippen molar-refractivity contribution in [2.75, 3.05) is 6.61 Å². The van der Waals surface area contributed by atoms with Crippen molar-refractivity contribution in [1.82, 2.24) is 0 Å². The largest absolute Gasteiger partial charge is 0.390 e. The average molecular weight is 639 g/mol. The lowest BCUT2D eigenvalue weighted by Gasteiger charge is -2.47. The van der Waals surface area contributed by atoms with Crippen LogP contribution in [0.3, 0.4) is 0 Å². The summed E-state index contributed by atoms with van der Waals surface area (Å²) in [5.74, 6) is 0. The lowest BCUT2D eigenvalue weighted by Crippen LogP contribution is -2.62. The summed E-state index contributed by atoms with van der Waals surface area (Å²) in [4.78, 5) is 0. The number of hydrogen-bond acceptors (Lipinski definition) is 7. The van der Waals surface area contributed by atoms with Crippen LogP contribution in [-0.2, 0) is 54.8 Å². The van der Waals surface area contributed by atoms with Gasteiger partial charge in [0.1, 0.15) is 24.4 Å². The summed E-state index contributed by atoms with van der Waals surface area (Å²) in [5, 5.41) is 10.9. The second-order valence-corrected chi connectivity index (χ2v) is 12.4. The van der Waals surface area contributed by atoms with Crippen LogP contribution in [0.2, 0.25) is 0 Å². The monoisotopic (exact) mass is 638 g/mol. The third-order valence-corrected chi connectivity index (χ3v) is 8.82. The van der Waals surface area contributed by atoms with E-state index >= 15 is 0 Å². The first-order chi connectivity index (χ1) is 23.2. The minimum Gasteiger partial charge on any atom is -0.390 e. The van der Waals surface area contributed by atoms with Crippen molar-refractivity contribution in [1.29, 1.82) is 0 Å². The van der Waals surface area contributed by atoms with Gasteiger partial charge in [-0.2, -0.15) is 0 Å². The molecular weight excluding hydrogens is 592 g/mol. The molecule has 5 unspecified atom stereocenters. The molecule has 1 aliphatic carbocycles. The fourth-order valence-electron chi connectivity index (χ4n) is 6.26. The van der Waals surface area contributed by atoms with Crippen molar-refractivity contribution < 1.29 is 33.5 Å². The Hall–Kier alpha value is -3.40. The number of aliphatic hydroxyl groups excluding tert-OH is 1. The van der Waals surface area contributed by atoms with Crippen molar-refractivity contribution >= 4 is 0 Å². The number of aliphatic hydroxyl groups is 1. The van der Waals surface area contributed by atoms with Crippen molar-refractivity contribution in [3.63, 3.8) is 0 Å². The van der Waals surface area contributed by atoms with Gasteiger partial charge in [-0.3, -0.25) is 0 Å². The number of benzene rings is 4. The molecule has 7 atom stereocenters. The van der Waals surface area contributed by atoms with Crippen LogP contribution in [-0.4, -0.2) is 54.6 Å². The van der Waals surface area contributed by atoms with E-state index in [-0.39, 0.29) is 12.7 Å². The summed E-state index contributed by atoms with van der Waals surface area (Å²) in [6.45, 7) is 1.76. The summed E-state index contributed by atoms with van der Waals surface area (Å²) in [6.07, 6.45) is -0.565. The molecule has 7 heteroatoms. The predicted octanol–water partition coefficient (Wildman–Crippen LogP) is 7.00. The summed E-state index contributed by atoms with van der Waals surface area (Å²) in [7, 11) is 0. The Morgan fingerprint density at radius 3 is 1.49 bits per heavy atom. The normalized spacial score (nSPS) is 26.2. The molecule has 0 amide bonds. The molecule has 6 rings (SSSR count). The van der Waals surface area contributed by atoms with Gasteiger partial charge in [-0.05, 0) is 35.1 Å². The summed E-state index contributed by atoms with van der Waals surface area (Å²) < 4.78 is 39.9. The van der Waals surface area contributed by atoms with Gasteiger partial charge in [0.15, 0.2) is 6.29 Å². The van der Waals surface area contributed by atoms with E-state index in [1.54, 1.807) is 0 Å². The maximum absolute atomic E-state index is 10.9. The number of rotatable bonds is 15. The van der Waals surface area contributed by atoms with E-state index in [1.807, 2.05) is 121 Å². The molecular formula is C40H46O7. The second kappa shape index (κ2) is 17.7. The van der Waals surface area contributed by atoms with E-state index in [2.05, 4.69) is 0 Å². The molecule has 47 heavy (non-hydrogen) atoms. The molecule has 2 aliphatic rings. The third-order valence-electron chi connectivity index (χ3n) is 8.82. The molecule has 0 radical (unpaired) electrons. The number of ether oxygens (including phenoxy) is 6. The topological polar surface area (TPSA) is 75.6 Å². The highest BCUT2D eigenvalue weighted by Crippen LogP contribution is 2.34. The molecule has 1 saturated carbocycles. The molecule has 1 heterocycles. The molecule has 4 aromatic rings. The first kappa shape index (κ1) is 33.5. The zero-order valence-electron chi connectivity index (χ0n) is 26.8. The Kier molecular flexibility index (Phi) is 12.6. The van der Waals surface area contributed by atoms with Gasteiger partial charge in [-0.1, -0.05) is 134 Å². The van der Waals surface area contributed by atoms with Gasteiger partial charge in [0.05, 0.1) is 45.2 Å². The third kappa shape index (κ3) is 9.81. The number of hydrogen-bond donors (Lipinski definition) is 1. The van der Waals surface area contributed by atoms with E-state index in [1.165, 1.54) is 0 Å². The highest BCUT2D eigenvalue weighted by atomic mass is 16.7. The van der Waals surface area contributed by atoms with E-state index in [0.717, 1.165) is 41.5 Å². The lowest BCUT2D eigenvalue weighted by atomic mass is 9.94. The Morgan fingerprint density at radius 1 is 0.532 bits per heavy atom. The van der Waals surface area contributed by atoms with Crippen LogP contribution >= 0.6 is 0 Å². The van der Waals surface area contributed by atoms with E-state index in [0.29, 0.717) is 32.8 Å². The Balaban J connectivity index is 1.30. The first-order valence-corrected chi connectivity index (χ1v) is 16.8. The summed E-state index contributed by atoms with van der Waals surface area (Å²) in [5.41, 5.74) is 4.19. The van der Waals surface area contributed by atoms with Crippen molar-refractivity contribution in [3.05, 3.63) is 144 Å². The van der Waals surface area contributed by atoms with Crippen molar-refractivity contribution in [3.8, 4) is 0 Å². The van der Waals surface area contributed by atoms with Crippen LogP contribution in [0.1, 0.15) is 47.9 Å². The first-order valence-electron chi connectivity index (χ1n) is 16.8. The van der Waals surface area contributed by atoms with Gasteiger partial charge in [-0.15, -0.1) is 0 Å². The standard InChI is InChI=1S/C40H46O7/c41-34-23-13-14-24-35(34)46-40-39(45-28-33-21-11-4-12-22-33)38(44-27-32-19-9-3-10-20-32)37(43-26-31-17-7-2-8-18-31)36(47-40)29-42-25-30-15-5-1-6-16-30/h1-12,15-22,34-41H,13-14,23-29H2/t34-,35-,36?,37?,38?,39?,40?/m0/s1. The van der Waals surface area contributed by atoms with Gasteiger partial charge in [-0.25, -0.2) is 0 Å². The molecule has 1 N–H and O–H groups in total. The summed E-state index contributed by atoms with van der Waals surface area (Å²) >= 11 is 0. The van der Waals surface area contributed by atoms with Gasteiger partial charge in [0.2, 0.25) is 0 Å². The van der Waals surface area contributed by atoms with Crippen molar-refractivity contribution in [2.45, 2.75) is 95.0 Å². The molecule has 1 saturated heterocycles. The average Bonchev–Trinajstić information content (AvgIpc) is 3.12. The molecule has 0 spiro atoms. The van der Waals surface area contributed by atoms with Crippen LogP contribution < -0.4 is 0 Å². The second-order valence-electron chi connectivity index (χ2n) is 12.4. The maximum atomic E-state index is 10.9. The van der Waals surface area contributed by atoms with Crippen LogP contribution in [0.5, 0.6) is 0 Å². The van der Waals surface area contributed by atoms with Gasteiger partial charge >= 0.3 is 0 Å². The fraction of sp³-hybridized carbons (Fsp3) is 0.400. The molecule has 4 aromatic carbocycles. The van der Waals surface area contributed by atoms with Gasteiger partial charge in [0, 0.05) is 0 Å².